The monoisotopic (exact) mass is 253 g/mol. The summed E-state index contributed by atoms with van der Waals surface area (Å²) < 4.78 is 6.42. The van der Waals surface area contributed by atoms with E-state index in [0.29, 0.717) is 10.8 Å². The van der Waals surface area contributed by atoms with Gasteiger partial charge < -0.3 is 10.1 Å². The van der Waals surface area contributed by atoms with Gasteiger partial charge in [-0.2, -0.15) is 5.10 Å². The van der Waals surface area contributed by atoms with Gasteiger partial charge in [-0.05, 0) is 12.1 Å². The number of nitrogens with one attached hydrogen (secondary N) is 1. The number of nitrogens with zero attached hydrogens (tertiary/aromatic N) is 2. The molecule has 1 aromatic heterocycles. The molecule has 6 heteroatoms. The fourth-order valence-electron chi connectivity index (χ4n) is 1.66. The van der Waals surface area contributed by atoms with Crippen LogP contribution in [-0.2, 0) is 16.6 Å². The smallest absolute Gasteiger partial charge is 0.251 e. The van der Waals surface area contributed by atoms with Crippen LogP contribution < -0.4 is 5.32 Å². The first-order chi connectivity index (χ1) is 8.13. The van der Waals surface area contributed by atoms with Gasteiger partial charge in [0.25, 0.3) is 5.91 Å². The largest absolute Gasteiger partial charge is 0.375 e. The zero-order chi connectivity index (χ0) is 12.4. The van der Waals surface area contributed by atoms with Crippen LogP contribution in [0.2, 0.25) is 5.02 Å². The summed E-state index contributed by atoms with van der Waals surface area (Å²) in [5, 5.41) is 8.18. The van der Waals surface area contributed by atoms with Crippen LogP contribution in [0, 0.1) is 0 Å². The number of carbonyl (C=O) groups excluding carboxylic acids is 1. The lowest BCUT2D eigenvalue weighted by molar-refractivity contribution is -0.119. The molecular formula is C11H12ClN3O2. The maximum atomic E-state index is 11.4. The highest BCUT2D eigenvalue weighted by Crippen LogP contribution is 2.29. The van der Waals surface area contributed by atoms with Crippen LogP contribution in [0.3, 0.4) is 0 Å². The van der Waals surface area contributed by atoms with Crippen molar-refractivity contribution in [2.24, 2.45) is 7.05 Å². The number of hydrogen-bond donors (Lipinski definition) is 1. The third-order valence-electron chi connectivity index (χ3n) is 2.36. The van der Waals surface area contributed by atoms with Crippen molar-refractivity contribution in [3.05, 3.63) is 23.2 Å². The lowest BCUT2D eigenvalue weighted by Gasteiger charge is -2.01. The second-order valence-corrected chi connectivity index (χ2v) is 3.99. The molecule has 0 atom stereocenters. The predicted octanol–water partition coefficient (Wildman–Crippen LogP) is 1.81. The van der Waals surface area contributed by atoms with E-state index in [9.17, 15) is 4.79 Å². The van der Waals surface area contributed by atoms with Gasteiger partial charge in [0.05, 0.1) is 15.9 Å². The molecule has 0 fully saturated rings. The van der Waals surface area contributed by atoms with Crippen molar-refractivity contribution in [1.82, 2.24) is 9.78 Å². The highest BCUT2D eigenvalue weighted by molar-refractivity contribution is 6.36. The Labute approximate surface area is 103 Å². The number of aryl methyl sites for hydroxylation is 1. The first-order valence-electron chi connectivity index (χ1n) is 5.03. The van der Waals surface area contributed by atoms with Gasteiger partial charge in [0.15, 0.2) is 5.82 Å². The molecule has 1 heterocycles. The molecule has 2 aromatic rings. The first kappa shape index (κ1) is 11.9. The zero-order valence-electron chi connectivity index (χ0n) is 9.53. The summed E-state index contributed by atoms with van der Waals surface area (Å²) in [5.74, 6) is 0.197. The van der Waals surface area contributed by atoms with Gasteiger partial charge in [0, 0.05) is 14.2 Å². The van der Waals surface area contributed by atoms with Crippen LogP contribution in [-0.4, -0.2) is 29.4 Å². The Bertz CT molecular complexity index is 565. The number of ether oxygens (including phenoxy) is 1. The number of fused-ring (bicyclic) bond motifs is 1. The van der Waals surface area contributed by atoms with Gasteiger partial charge in [-0.1, -0.05) is 17.7 Å². The number of benzene rings is 1. The third kappa shape index (κ3) is 2.25. The minimum Gasteiger partial charge on any atom is -0.375 e. The van der Waals surface area contributed by atoms with Gasteiger partial charge in [0.1, 0.15) is 6.61 Å². The fourth-order valence-corrected chi connectivity index (χ4v) is 1.92. The van der Waals surface area contributed by atoms with E-state index in [1.807, 2.05) is 12.1 Å². The number of rotatable bonds is 3. The molecule has 0 aliphatic heterocycles. The van der Waals surface area contributed by atoms with E-state index < -0.39 is 0 Å². The van der Waals surface area contributed by atoms with Crippen LogP contribution in [0.15, 0.2) is 18.2 Å². The maximum absolute atomic E-state index is 11.4. The second-order valence-electron chi connectivity index (χ2n) is 3.59. The lowest BCUT2D eigenvalue weighted by Crippen LogP contribution is -2.17. The summed E-state index contributed by atoms with van der Waals surface area (Å²) in [5.41, 5.74) is 0.866. The van der Waals surface area contributed by atoms with Crippen molar-refractivity contribution < 1.29 is 9.53 Å². The van der Waals surface area contributed by atoms with Crippen molar-refractivity contribution in [2.75, 3.05) is 19.0 Å². The number of hydrogen-bond acceptors (Lipinski definition) is 3. The topological polar surface area (TPSA) is 56.1 Å². The van der Waals surface area contributed by atoms with Crippen molar-refractivity contribution >= 4 is 34.2 Å². The average Bonchev–Trinajstić information content (AvgIpc) is 2.57. The van der Waals surface area contributed by atoms with Gasteiger partial charge in [0.2, 0.25) is 0 Å². The average molecular weight is 254 g/mol. The molecule has 0 unspecified atom stereocenters. The van der Waals surface area contributed by atoms with Crippen molar-refractivity contribution in [3.8, 4) is 0 Å². The Morgan fingerprint density at radius 2 is 2.35 bits per heavy atom. The van der Waals surface area contributed by atoms with E-state index in [2.05, 4.69) is 10.4 Å². The van der Waals surface area contributed by atoms with E-state index in [1.165, 1.54) is 7.11 Å². The molecule has 0 aliphatic carbocycles. The van der Waals surface area contributed by atoms with E-state index in [1.54, 1.807) is 17.8 Å². The SMILES string of the molecule is COCC(=O)Nc1nn(C)c2cccc(Cl)c12. The van der Waals surface area contributed by atoms with Crippen molar-refractivity contribution in [2.45, 2.75) is 0 Å². The fraction of sp³-hybridized carbons (Fsp3) is 0.273. The lowest BCUT2D eigenvalue weighted by atomic mass is 10.2. The normalized spacial score (nSPS) is 10.8. The number of halogens is 1. The standard InChI is InChI=1S/C11H12ClN3O2/c1-15-8-5-3-4-7(12)10(8)11(14-15)13-9(16)6-17-2/h3-5H,6H2,1-2H3,(H,13,14,16). The van der Waals surface area contributed by atoms with Crippen molar-refractivity contribution in [3.63, 3.8) is 0 Å². The van der Waals surface area contributed by atoms with Crippen molar-refractivity contribution in [1.29, 1.82) is 0 Å². The summed E-state index contributed by atoms with van der Waals surface area (Å²) in [4.78, 5) is 11.4. The summed E-state index contributed by atoms with van der Waals surface area (Å²) >= 11 is 6.10. The Kier molecular flexibility index (Phi) is 3.31. The van der Waals surface area contributed by atoms with Gasteiger partial charge in [-0.15, -0.1) is 0 Å². The molecule has 0 radical (unpaired) electrons. The van der Waals surface area contributed by atoms with Gasteiger partial charge in [-0.25, -0.2) is 0 Å². The van der Waals surface area contributed by atoms with Crippen LogP contribution in [0.1, 0.15) is 0 Å². The molecular weight excluding hydrogens is 242 g/mol. The van der Waals surface area contributed by atoms with E-state index in [-0.39, 0.29) is 12.5 Å². The predicted molar refractivity (Wildman–Crippen MR) is 66.2 cm³/mol. The molecule has 2 rings (SSSR count). The Morgan fingerprint density at radius 1 is 1.59 bits per heavy atom. The minimum atomic E-state index is -0.257. The number of aromatic nitrogens is 2. The Morgan fingerprint density at radius 3 is 3.06 bits per heavy atom. The van der Waals surface area contributed by atoms with E-state index in [4.69, 9.17) is 16.3 Å². The zero-order valence-corrected chi connectivity index (χ0v) is 10.3. The Balaban J connectivity index is 2.44. The molecule has 1 aromatic carbocycles. The third-order valence-corrected chi connectivity index (χ3v) is 2.68. The minimum absolute atomic E-state index is 0.0114. The number of carbonyl (C=O) groups is 1. The molecule has 1 N–H and O–H groups in total. The molecule has 0 aliphatic rings. The molecule has 17 heavy (non-hydrogen) atoms. The number of methoxy groups -OCH3 is 1. The molecule has 5 nitrogen and oxygen atoms in total. The molecule has 90 valence electrons. The van der Waals surface area contributed by atoms with Crippen LogP contribution >= 0.6 is 11.6 Å². The molecule has 1 amide bonds. The molecule has 0 saturated carbocycles. The summed E-state index contributed by atoms with van der Waals surface area (Å²) in [6.07, 6.45) is 0. The van der Waals surface area contributed by atoms with Crippen LogP contribution in [0.25, 0.3) is 10.9 Å². The molecule has 0 spiro atoms. The summed E-state index contributed by atoms with van der Waals surface area (Å²) in [7, 11) is 3.26. The first-order valence-corrected chi connectivity index (χ1v) is 5.41. The molecule has 0 saturated heterocycles. The number of anilines is 1. The highest BCUT2D eigenvalue weighted by Gasteiger charge is 2.13. The Hall–Kier alpha value is -1.59. The van der Waals surface area contributed by atoms with Crippen LogP contribution in [0.5, 0.6) is 0 Å². The molecule has 0 bridgehead atoms. The van der Waals surface area contributed by atoms with E-state index in [0.717, 1.165) is 10.9 Å². The number of amides is 1. The second kappa shape index (κ2) is 4.73. The van der Waals surface area contributed by atoms with Gasteiger partial charge in [-0.3, -0.25) is 9.48 Å². The van der Waals surface area contributed by atoms with E-state index >= 15 is 0 Å². The van der Waals surface area contributed by atoms with Crippen LogP contribution in [0.4, 0.5) is 5.82 Å². The summed E-state index contributed by atoms with van der Waals surface area (Å²) in [6.45, 7) is -0.0114. The summed E-state index contributed by atoms with van der Waals surface area (Å²) in [6, 6.07) is 5.49. The maximum Gasteiger partial charge on any atom is 0.251 e. The quantitative estimate of drug-likeness (QED) is 0.908. The highest BCUT2D eigenvalue weighted by atomic mass is 35.5. The van der Waals surface area contributed by atoms with Gasteiger partial charge >= 0.3 is 0 Å².